The zero-order valence-corrected chi connectivity index (χ0v) is 10.8. The van der Waals surface area contributed by atoms with E-state index in [4.69, 9.17) is 0 Å². The Kier molecular flexibility index (Phi) is 2.00. The largest absolute Gasteiger partial charge is 0.0625 e. The summed E-state index contributed by atoms with van der Waals surface area (Å²) < 4.78 is 0. The van der Waals surface area contributed by atoms with E-state index >= 15 is 0 Å². The van der Waals surface area contributed by atoms with Crippen molar-refractivity contribution in [2.75, 3.05) is 0 Å². The zero-order chi connectivity index (χ0) is 12.2. The van der Waals surface area contributed by atoms with E-state index < -0.39 is 0 Å². The molecule has 0 heterocycles. The minimum absolute atomic E-state index is 0.326. The SMILES string of the molecule is C[C@H]1CCC2(C1)c1ccccc1-c1ccccc12. The van der Waals surface area contributed by atoms with Crippen LogP contribution >= 0.6 is 0 Å². The van der Waals surface area contributed by atoms with Crippen LogP contribution in [0.5, 0.6) is 0 Å². The normalized spacial score (nSPS) is 23.1. The van der Waals surface area contributed by atoms with E-state index in [-0.39, 0.29) is 0 Å². The summed E-state index contributed by atoms with van der Waals surface area (Å²) in [5.41, 5.74) is 6.43. The van der Waals surface area contributed by atoms with E-state index in [1.807, 2.05) is 0 Å². The molecule has 0 bridgehead atoms. The smallest absolute Gasteiger partial charge is 0.0217 e. The Bertz CT molecular complexity index is 563. The Balaban J connectivity index is 2.04. The molecular weight excluding hydrogens is 216 g/mol. The summed E-state index contributed by atoms with van der Waals surface area (Å²) in [5.74, 6) is 0.851. The molecule has 1 fully saturated rings. The van der Waals surface area contributed by atoms with Gasteiger partial charge in [0.05, 0.1) is 0 Å². The molecule has 0 aliphatic heterocycles. The lowest BCUT2D eigenvalue weighted by molar-refractivity contribution is 0.514. The predicted molar refractivity (Wildman–Crippen MR) is 75.7 cm³/mol. The third kappa shape index (κ3) is 1.16. The van der Waals surface area contributed by atoms with Crippen LogP contribution in [0, 0.1) is 5.92 Å². The summed E-state index contributed by atoms with van der Waals surface area (Å²) in [6.07, 6.45) is 4.01. The molecule has 1 atom stereocenters. The average Bonchev–Trinajstić information content (AvgIpc) is 2.93. The fourth-order valence-electron chi connectivity index (χ4n) is 4.20. The van der Waals surface area contributed by atoms with Gasteiger partial charge in [0.1, 0.15) is 0 Å². The van der Waals surface area contributed by atoms with Crippen LogP contribution in [0.3, 0.4) is 0 Å². The molecule has 0 amide bonds. The van der Waals surface area contributed by atoms with Gasteiger partial charge in [-0.15, -0.1) is 0 Å². The number of benzene rings is 2. The van der Waals surface area contributed by atoms with Crippen LogP contribution in [0.25, 0.3) is 11.1 Å². The highest BCUT2D eigenvalue weighted by Crippen LogP contribution is 2.57. The lowest BCUT2D eigenvalue weighted by Crippen LogP contribution is -2.20. The maximum atomic E-state index is 2.40. The third-order valence-electron chi connectivity index (χ3n) is 4.94. The van der Waals surface area contributed by atoms with Gasteiger partial charge in [-0.1, -0.05) is 55.5 Å². The zero-order valence-electron chi connectivity index (χ0n) is 10.8. The van der Waals surface area contributed by atoms with Crippen LogP contribution in [0.1, 0.15) is 37.3 Å². The second-order valence-electron chi connectivity index (χ2n) is 6.02. The molecule has 0 heteroatoms. The highest BCUT2D eigenvalue weighted by atomic mass is 14.5. The third-order valence-corrected chi connectivity index (χ3v) is 4.94. The van der Waals surface area contributed by atoms with Crippen LogP contribution in [-0.4, -0.2) is 0 Å². The Hall–Kier alpha value is -1.56. The molecule has 2 aromatic rings. The summed E-state index contributed by atoms with van der Waals surface area (Å²) in [4.78, 5) is 0. The van der Waals surface area contributed by atoms with Crippen LogP contribution in [-0.2, 0) is 5.41 Å². The van der Waals surface area contributed by atoms with Gasteiger partial charge in [0.25, 0.3) is 0 Å². The van der Waals surface area contributed by atoms with Crippen molar-refractivity contribution in [1.82, 2.24) is 0 Å². The van der Waals surface area contributed by atoms with Gasteiger partial charge in [-0.05, 0) is 47.4 Å². The molecule has 1 saturated carbocycles. The standard InChI is InChI=1S/C18H18/c1-13-10-11-18(12-13)16-8-4-2-6-14(16)15-7-3-5-9-17(15)18/h2-9,13H,10-12H2,1H3/t13-/m0/s1. The highest BCUT2D eigenvalue weighted by Gasteiger charge is 2.46. The van der Waals surface area contributed by atoms with E-state index in [9.17, 15) is 0 Å². The maximum absolute atomic E-state index is 2.40. The molecule has 1 spiro atoms. The van der Waals surface area contributed by atoms with Crippen molar-refractivity contribution in [2.24, 2.45) is 5.92 Å². The van der Waals surface area contributed by atoms with Crippen LogP contribution < -0.4 is 0 Å². The Morgan fingerprint density at radius 3 is 1.94 bits per heavy atom. The van der Waals surface area contributed by atoms with E-state index in [1.54, 1.807) is 11.1 Å². The second-order valence-corrected chi connectivity index (χ2v) is 6.02. The Morgan fingerprint density at radius 1 is 0.889 bits per heavy atom. The van der Waals surface area contributed by atoms with E-state index in [2.05, 4.69) is 55.5 Å². The monoisotopic (exact) mass is 234 g/mol. The van der Waals surface area contributed by atoms with Gasteiger partial charge in [-0.3, -0.25) is 0 Å². The van der Waals surface area contributed by atoms with Gasteiger partial charge in [-0.25, -0.2) is 0 Å². The van der Waals surface area contributed by atoms with Crippen LogP contribution in [0.15, 0.2) is 48.5 Å². The van der Waals surface area contributed by atoms with E-state index in [0.29, 0.717) is 5.41 Å². The highest BCUT2D eigenvalue weighted by molar-refractivity contribution is 5.81. The minimum atomic E-state index is 0.326. The van der Waals surface area contributed by atoms with Gasteiger partial charge < -0.3 is 0 Å². The molecule has 18 heavy (non-hydrogen) atoms. The van der Waals surface area contributed by atoms with Crippen molar-refractivity contribution in [3.05, 3.63) is 59.7 Å². The quantitative estimate of drug-likeness (QED) is 0.615. The number of hydrogen-bond acceptors (Lipinski definition) is 0. The van der Waals surface area contributed by atoms with Gasteiger partial charge >= 0.3 is 0 Å². The van der Waals surface area contributed by atoms with Crippen molar-refractivity contribution in [1.29, 1.82) is 0 Å². The topological polar surface area (TPSA) is 0 Å². The van der Waals surface area contributed by atoms with E-state index in [1.165, 1.54) is 30.4 Å². The summed E-state index contributed by atoms with van der Waals surface area (Å²) in [6, 6.07) is 18.1. The number of rotatable bonds is 0. The lowest BCUT2D eigenvalue weighted by Gasteiger charge is -2.26. The molecule has 4 rings (SSSR count). The first-order chi connectivity index (χ1) is 8.81. The number of fused-ring (bicyclic) bond motifs is 5. The lowest BCUT2D eigenvalue weighted by atomic mass is 9.76. The Morgan fingerprint density at radius 2 is 1.44 bits per heavy atom. The molecule has 0 unspecified atom stereocenters. The molecular formula is C18H18. The first kappa shape index (κ1) is 10.4. The summed E-state index contributed by atoms with van der Waals surface area (Å²) in [5, 5.41) is 0. The Labute approximate surface area is 109 Å². The molecule has 90 valence electrons. The average molecular weight is 234 g/mol. The minimum Gasteiger partial charge on any atom is -0.0625 e. The van der Waals surface area contributed by atoms with Crippen molar-refractivity contribution in [2.45, 2.75) is 31.6 Å². The van der Waals surface area contributed by atoms with Crippen molar-refractivity contribution >= 4 is 0 Å². The molecule has 2 aliphatic carbocycles. The molecule has 0 saturated heterocycles. The molecule has 2 aliphatic rings. The van der Waals surface area contributed by atoms with Crippen molar-refractivity contribution < 1.29 is 0 Å². The predicted octanol–water partition coefficient (Wildman–Crippen LogP) is 4.77. The summed E-state index contributed by atoms with van der Waals surface area (Å²) >= 11 is 0. The molecule has 0 aromatic heterocycles. The molecule has 0 nitrogen and oxygen atoms in total. The molecule has 0 radical (unpaired) electrons. The fraction of sp³-hybridized carbons (Fsp3) is 0.333. The summed E-state index contributed by atoms with van der Waals surface area (Å²) in [7, 11) is 0. The van der Waals surface area contributed by atoms with Crippen molar-refractivity contribution in [3.63, 3.8) is 0 Å². The fourth-order valence-corrected chi connectivity index (χ4v) is 4.20. The summed E-state index contributed by atoms with van der Waals surface area (Å²) in [6.45, 7) is 2.40. The maximum Gasteiger partial charge on any atom is 0.0217 e. The molecule has 2 aromatic carbocycles. The molecule has 0 N–H and O–H groups in total. The second kappa shape index (κ2) is 3.47. The van der Waals surface area contributed by atoms with E-state index in [0.717, 1.165) is 5.92 Å². The van der Waals surface area contributed by atoms with Crippen molar-refractivity contribution in [3.8, 4) is 11.1 Å². The first-order valence-electron chi connectivity index (χ1n) is 7.01. The van der Waals surface area contributed by atoms with Gasteiger partial charge in [0.2, 0.25) is 0 Å². The first-order valence-corrected chi connectivity index (χ1v) is 7.01. The van der Waals surface area contributed by atoms with Crippen LogP contribution in [0.2, 0.25) is 0 Å². The van der Waals surface area contributed by atoms with Gasteiger partial charge in [0.15, 0.2) is 0 Å². The van der Waals surface area contributed by atoms with Gasteiger partial charge in [0, 0.05) is 5.41 Å². The van der Waals surface area contributed by atoms with Crippen LogP contribution in [0.4, 0.5) is 0 Å². The number of hydrogen-bond donors (Lipinski definition) is 0. The van der Waals surface area contributed by atoms with Gasteiger partial charge in [-0.2, -0.15) is 0 Å².